The molecular formula is C17H25N3O3S. The minimum Gasteiger partial charge on any atom is -0.353 e. The first-order valence-corrected chi connectivity index (χ1v) is 9.36. The molecule has 1 unspecified atom stereocenters. The number of hydrogen-bond acceptors (Lipinski definition) is 4. The van der Waals surface area contributed by atoms with Gasteiger partial charge in [-0.1, -0.05) is 13.8 Å². The van der Waals surface area contributed by atoms with Crippen molar-refractivity contribution in [1.29, 1.82) is 5.26 Å². The molecule has 0 bridgehead atoms. The van der Waals surface area contributed by atoms with Gasteiger partial charge < -0.3 is 5.32 Å². The average molecular weight is 351 g/mol. The zero-order valence-electron chi connectivity index (χ0n) is 14.6. The first-order chi connectivity index (χ1) is 11.2. The van der Waals surface area contributed by atoms with E-state index in [-0.39, 0.29) is 23.4 Å². The van der Waals surface area contributed by atoms with Crippen LogP contribution in [-0.4, -0.2) is 38.3 Å². The van der Waals surface area contributed by atoms with Crippen LogP contribution in [0.25, 0.3) is 0 Å². The van der Waals surface area contributed by atoms with Crippen LogP contribution in [0.15, 0.2) is 29.2 Å². The van der Waals surface area contributed by atoms with Crippen LogP contribution in [0.4, 0.5) is 0 Å². The van der Waals surface area contributed by atoms with Crippen LogP contribution in [0.5, 0.6) is 0 Å². The topological polar surface area (TPSA) is 90.3 Å². The smallest absolute Gasteiger partial charge is 0.243 e. The van der Waals surface area contributed by atoms with Crippen LogP contribution in [0, 0.1) is 17.2 Å². The molecule has 1 aromatic rings. The second-order valence-electron chi connectivity index (χ2n) is 6.34. The van der Waals surface area contributed by atoms with Crippen molar-refractivity contribution in [3.63, 3.8) is 0 Å². The lowest BCUT2D eigenvalue weighted by molar-refractivity contribution is -0.121. The van der Waals surface area contributed by atoms with Crippen LogP contribution in [0.2, 0.25) is 0 Å². The summed E-state index contributed by atoms with van der Waals surface area (Å²) in [5, 5.41) is 11.6. The molecule has 0 heterocycles. The first kappa shape index (κ1) is 20.1. The molecule has 1 atom stereocenters. The van der Waals surface area contributed by atoms with Crippen molar-refractivity contribution < 1.29 is 13.2 Å². The van der Waals surface area contributed by atoms with Crippen molar-refractivity contribution in [2.24, 2.45) is 5.92 Å². The van der Waals surface area contributed by atoms with Crippen LogP contribution in [0.3, 0.4) is 0 Å². The maximum atomic E-state index is 12.4. The maximum Gasteiger partial charge on any atom is 0.243 e. The van der Waals surface area contributed by atoms with Gasteiger partial charge in [-0.15, -0.1) is 0 Å². The van der Waals surface area contributed by atoms with E-state index in [1.165, 1.54) is 31.3 Å². The molecule has 0 aliphatic rings. The van der Waals surface area contributed by atoms with Gasteiger partial charge in [0.15, 0.2) is 0 Å². The van der Waals surface area contributed by atoms with Gasteiger partial charge in [-0.2, -0.15) is 9.57 Å². The number of rotatable bonds is 8. The van der Waals surface area contributed by atoms with Gasteiger partial charge in [0, 0.05) is 13.1 Å². The van der Waals surface area contributed by atoms with Crippen molar-refractivity contribution in [2.45, 2.75) is 44.6 Å². The SMILES string of the molecule is CC(C)CCC(C)NC(=O)CN(C)S(=O)(=O)c1ccc(C#N)cc1. The molecule has 0 saturated heterocycles. The Morgan fingerprint density at radius 3 is 2.29 bits per heavy atom. The molecule has 0 aliphatic carbocycles. The molecule has 0 saturated carbocycles. The molecule has 1 aromatic carbocycles. The minimum absolute atomic E-state index is 0.00548. The fraction of sp³-hybridized carbons (Fsp3) is 0.529. The number of nitriles is 1. The molecule has 24 heavy (non-hydrogen) atoms. The second kappa shape index (κ2) is 8.81. The lowest BCUT2D eigenvalue weighted by Gasteiger charge is -2.19. The van der Waals surface area contributed by atoms with E-state index in [1.54, 1.807) is 0 Å². The number of nitrogens with one attached hydrogen (secondary N) is 1. The average Bonchev–Trinajstić information content (AvgIpc) is 2.52. The predicted octanol–water partition coefficient (Wildman–Crippen LogP) is 2.12. The Bertz CT molecular complexity index is 691. The van der Waals surface area contributed by atoms with E-state index < -0.39 is 10.0 Å². The number of benzene rings is 1. The minimum atomic E-state index is -3.76. The molecule has 0 fully saturated rings. The summed E-state index contributed by atoms with van der Waals surface area (Å²) in [6.07, 6.45) is 1.86. The standard InChI is InChI=1S/C17H25N3O3S/c1-13(2)5-6-14(3)19-17(21)12-20(4)24(22,23)16-9-7-15(11-18)8-10-16/h7-10,13-14H,5-6,12H2,1-4H3,(H,19,21). The zero-order valence-corrected chi connectivity index (χ0v) is 15.4. The third-order valence-electron chi connectivity index (χ3n) is 3.64. The van der Waals surface area contributed by atoms with Crippen molar-refractivity contribution in [3.05, 3.63) is 29.8 Å². The Labute approximate surface area is 144 Å². The van der Waals surface area contributed by atoms with E-state index in [4.69, 9.17) is 5.26 Å². The fourth-order valence-electron chi connectivity index (χ4n) is 2.14. The van der Waals surface area contributed by atoms with Gasteiger partial charge in [-0.05, 0) is 49.9 Å². The van der Waals surface area contributed by atoms with Gasteiger partial charge >= 0.3 is 0 Å². The van der Waals surface area contributed by atoms with Gasteiger partial charge in [0.25, 0.3) is 0 Å². The van der Waals surface area contributed by atoms with Gasteiger partial charge in [-0.25, -0.2) is 8.42 Å². The lowest BCUT2D eigenvalue weighted by Crippen LogP contribution is -2.41. The number of amides is 1. The fourth-order valence-corrected chi connectivity index (χ4v) is 3.27. The summed E-state index contributed by atoms with van der Waals surface area (Å²) < 4.78 is 25.9. The molecule has 0 aliphatic heterocycles. The van der Waals surface area contributed by atoms with Crippen molar-refractivity contribution in [3.8, 4) is 6.07 Å². The predicted molar refractivity (Wildman–Crippen MR) is 92.6 cm³/mol. The Kier molecular flexibility index (Phi) is 7.39. The molecule has 1 rings (SSSR count). The highest BCUT2D eigenvalue weighted by Crippen LogP contribution is 2.15. The monoisotopic (exact) mass is 351 g/mol. The number of sulfonamides is 1. The molecule has 132 valence electrons. The van der Waals surface area contributed by atoms with Crippen LogP contribution >= 0.6 is 0 Å². The van der Waals surface area contributed by atoms with Gasteiger partial charge in [0.1, 0.15) is 0 Å². The van der Waals surface area contributed by atoms with Crippen molar-refractivity contribution >= 4 is 15.9 Å². The summed E-state index contributed by atoms with van der Waals surface area (Å²) in [6.45, 7) is 5.91. The summed E-state index contributed by atoms with van der Waals surface area (Å²) in [6, 6.07) is 7.56. The molecule has 0 spiro atoms. The molecular weight excluding hydrogens is 326 g/mol. The van der Waals surface area contributed by atoms with Crippen LogP contribution in [-0.2, 0) is 14.8 Å². The quantitative estimate of drug-likeness (QED) is 0.777. The lowest BCUT2D eigenvalue weighted by atomic mass is 10.0. The highest BCUT2D eigenvalue weighted by atomic mass is 32.2. The van der Waals surface area contributed by atoms with Gasteiger partial charge in [-0.3, -0.25) is 4.79 Å². The first-order valence-electron chi connectivity index (χ1n) is 7.92. The van der Waals surface area contributed by atoms with Crippen LogP contribution < -0.4 is 5.32 Å². The summed E-state index contributed by atoms with van der Waals surface area (Å²) in [5.74, 6) is 0.231. The van der Waals surface area contributed by atoms with E-state index in [0.29, 0.717) is 11.5 Å². The van der Waals surface area contributed by atoms with E-state index in [1.807, 2.05) is 13.0 Å². The molecule has 7 heteroatoms. The number of likely N-dealkylation sites (N-methyl/N-ethyl adjacent to an activating group) is 1. The van der Waals surface area contributed by atoms with E-state index in [0.717, 1.165) is 17.1 Å². The van der Waals surface area contributed by atoms with E-state index >= 15 is 0 Å². The van der Waals surface area contributed by atoms with Crippen molar-refractivity contribution in [1.82, 2.24) is 9.62 Å². The second-order valence-corrected chi connectivity index (χ2v) is 8.38. The molecule has 0 radical (unpaired) electrons. The third kappa shape index (κ3) is 5.95. The number of carbonyl (C=O) groups excluding carboxylic acids is 1. The number of hydrogen-bond donors (Lipinski definition) is 1. The summed E-state index contributed by atoms with van der Waals surface area (Å²) in [7, 11) is -2.39. The largest absolute Gasteiger partial charge is 0.353 e. The molecule has 6 nitrogen and oxygen atoms in total. The van der Waals surface area contributed by atoms with E-state index in [9.17, 15) is 13.2 Å². The number of nitrogens with zero attached hydrogens (tertiary/aromatic N) is 2. The summed E-state index contributed by atoms with van der Waals surface area (Å²) in [4.78, 5) is 12.1. The summed E-state index contributed by atoms with van der Waals surface area (Å²) >= 11 is 0. The van der Waals surface area contributed by atoms with Gasteiger partial charge in [0.05, 0.1) is 23.1 Å². The molecule has 0 aromatic heterocycles. The third-order valence-corrected chi connectivity index (χ3v) is 5.46. The normalized spacial score (nSPS) is 12.9. The zero-order chi connectivity index (χ0) is 18.3. The van der Waals surface area contributed by atoms with E-state index in [2.05, 4.69) is 19.2 Å². The van der Waals surface area contributed by atoms with Crippen LogP contribution in [0.1, 0.15) is 39.2 Å². The highest BCUT2D eigenvalue weighted by molar-refractivity contribution is 7.89. The molecule has 1 N–H and O–H groups in total. The van der Waals surface area contributed by atoms with Gasteiger partial charge in [0.2, 0.25) is 15.9 Å². The Hall–Kier alpha value is -1.91. The Morgan fingerprint density at radius 2 is 1.79 bits per heavy atom. The molecule has 1 amide bonds. The Balaban J connectivity index is 2.66. The summed E-state index contributed by atoms with van der Waals surface area (Å²) in [5.41, 5.74) is 0.383. The highest BCUT2D eigenvalue weighted by Gasteiger charge is 2.23. The Morgan fingerprint density at radius 1 is 1.21 bits per heavy atom. The van der Waals surface area contributed by atoms with Crippen molar-refractivity contribution in [2.75, 3.05) is 13.6 Å². The number of carbonyl (C=O) groups is 1. The maximum absolute atomic E-state index is 12.4.